The van der Waals surface area contributed by atoms with Crippen LogP contribution < -0.4 is 5.32 Å². The Morgan fingerprint density at radius 3 is 2.53 bits per heavy atom. The zero-order valence-electron chi connectivity index (χ0n) is 10.1. The van der Waals surface area contributed by atoms with Crippen molar-refractivity contribution in [2.45, 2.75) is 13.8 Å². The number of nitrogens with one attached hydrogen (secondary N) is 1. The lowest BCUT2D eigenvalue weighted by molar-refractivity contribution is 1.10. The van der Waals surface area contributed by atoms with Gasteiger partial charge in [0, 0.05) is 28.8 Å². The predicted molar refractivity (Wildman–Crippen MR) is 74.2 cm³/mol. The molecule has 0 radical (unpaired) electrons. The molecule has 2 aromatic rings. The summed E-state index contributed by atoms with van der Waals surface area (Å²) in [7, 11) is 1.86. The van der Waals surface area contributed by atoms with Gasteiger partial charge in [0.15, 0.2) is 5.82 Å². The molecule has 1 N–H and O–H groups in total. The second kappa shape index (κ2) is 4.84. The summed E-state index contributed by atoms with van der Waals surface area (Å²) in [6, 6.07) is 8.09. The molecule has 88 valence electrons. The third kappa shape index (κ3) is 2.64. The van der Waals surface area contributed by atoms with Gasteiger partial charge in [-0.1, -0.05) is 22.0 Å². The Morgan fingerprint density at radius 1 is 1.12 bits per heavy atom. The van der Waals surface area contributed by atoms with Crippen LogP contribution in [0.15, 0.2) is 28.7 Å². The van der Waals surface area contributed by atoms with Crippen molar-refractivity contribution in [3.63, 3.8) is 0 Å². The third-order valence-electron chi connectivity index (χ3n) is 2.48. The minimum absolute atomic E-state index is 0.737. The lowest BCUT2D eigenvalue weighted by Crippen LogP contribution is -1.98. The van der Waals surface area contributed by atoms with E-state index in [9.17, 15) is 0 Å². The van der Waals surface area contributed by atoms with Crippen molar-refractivity contribution in [1.82, 2.24) is 9.97 Å². The average Bonchev–Trinajstić information content (AvgIpc) is 2.28. The summed E-state index contributed by atoms with van der Waals surface area (Å²) in [4.78, 5) is 8.92. The molecule has 0 saturated carbocycles. The molecule has 0 aliphatic rings. The van der Waals surface area contributed by atoms with E-state index in [1.54, 1.807) is 0 Å². The zero-order chi connectivity index (χ0) is 12.4. The number of anilines is 1. The summed E-state index contributed by atoms with van der Waals surface area (Å²) < 4.78 is 1.02. The molecule has 4 heteroatoms. The number of nitrogens with zero attached hydrogens (tertiary/aromatic N) is 2. The SMILES string of the molecule is CNc1cc(C)nc(-c2ccc(C)cc2Br)n1. The number of rotatable bonds is 2. The van der Waals surface area contributed by atoms with Gasteiger partial charge in [0.25, 0.3) is 0 Å². The Bertz CT molecular complexity index is 552. The molecule has 0 bridgehead atoms. The fourth-order valence-corrected chi connectivity index (χ4v) is 2.29. The van der Waals surface area contributed by atoms with Crippen molar-refractivity contribution >= 4 is 21.7 Å². The summed E-state index contributed by atoms with van der Waals surface area (Å²) in [6.45, 7) is 4.03. The molecule has 0 fully saturated rings. The maximum absolute atomic E-state index is 4.46. The van der Waals surface area contributed by atoms with Crippen molar-refractivity contribution in [3.05, 3.63) is 40.0 Å². The van der Waals surface area contributed by atoms with E-state index in [-0.39, 0.29) is 0 Å². The Morgan fingerprint density at radius 2 is 1.88 bits per heavy atom. The van der Waals surface area contributed by atoms with E-state index in [1.807, 2.05) is 26.1 Å². The molecule has 2 rings (SSSR count). The Labute approximate surface area is 109 Å². The molecular formula is C13H14BrN3. The van der Waals surface area contributed by atoms with E-state index in [1.165, 1.54) is 5.56 Å². The highest BCUT2D eigenvalue weighted by Gasteiger charge is 2.08. The molecule has 0 saturated heterocycles. The fraction of sp³-hybridized carbons (Fsp3) is 0.231. The number of benzene rings is 1. The van der Waals surface area contributed by atoms with Crippen LogP contribution in [0.2, 0.25) is 0 Å². The molecule has 17 heavy (non-hydrogen) atoms. The molecule has 0 spiro atoms. The average molecular weight is 292 g/mol. The number of hydrogen-bond donors (Lipinski definition) is 1. The van der Waals surface area contributed by atoms with Gasteiger partial charge in [0.1, 0.15) is 5.82 Å². The highest BCUT2D eigenvalue weighted by molar-refractivity contribution is 9.10. The quantitative estimate of drug-likeness (QED) is 0.919. The number of halogens is 1. The first-order valence-corrected chi connectivity index (χ1v) is 6.19. The van der Waals surface area contributed by atoms with Crippen molar-refractivity contribution in [1.29, 1.82) is 0 Å². The molecule has 0 aliphatic heterocycles. The molecular weight excluding hydrogens is 278 g/mol. The monoisotopic (exact) mass is 291 g/mol. The molecule has 3 nitrogen and oxygen atoms in total. The van der Waals surface area contributed by atoms with Crippen LogP contribution in [0, 0.1) is 13.8 Å². The summed E-state index contributed by atoms with van der Waals surface area (Å²) >= 11 is 3.55. The van der Waals surface area contributed by atoms with Gasteiger partial charge in [-0.2, -0.15) is 0 Å². The first kappa shape index (κ1) is 12.0. The minimum atomic E-state index is 0.737. The van der Waals surface area contributed by atoms with E-state index < -0.39 is 0 Å². The van der Waals surface area contributed by atoms with Crippen LogP contribution in [0.4, 0.5) is 5.82 Å². The summed E-state index contributed by atoms with van der Waals surface area (Å²) in [5.74, 6) is 1.57. The second-order valence-electron chi connectivity index (χ2n) is 3.95. The highest BCUT2D eigenvalue weighted by atomic mass is 79.9. The van der Waals surface area contributed by atoms with Gasteiger partial charge < -0.3 is 5.32 Å². The number of aromatic nitrogens is 2. The van der Waals surface area contributed by atoms with Crippen LogP contribution in [-0.4, -0.2) is 17.0 Å². The predicted octanol–water partition coefficient (Wildman–Crippen LogP) is 3.56. The Balaban J connectivity index is 2.55. The van der Waals surface area contributed by atoms with Gasteiger partial charge in [0.2, 0.25) is 0 Å². The van der Waals surface area contributed by atoms with Crippen molar-refractivity contribution in [2.75, 3.05) is 12.4 Å². The van der Waals surface area contributed by atoms with E-state index in [4.69, 9.17) is 0 Å². The summed E-state index contributed by atoms with van der Waals surface area (Å²) in [5, 5.41) is 3.04. The van der Waals surface area contributed by atoms with Crippen LogP contribution >= 0.6 is 15.9 Å². The Hall–Kier alpha value is -1.42. The van der Waals surface area contributed by atoms with Crippen LogP contribution in [-0.2, 0) is 0 Å². The number of hydrogen-bond acceptors (Lipinski definition) is 3. The van der Waals surface area contributed by atoms with E-state index in [0.717, 1.165) is 27.4 Å². The molecule has 0 atom stereocenters. The lowest BCUT2D eigenvalue weighted by Gasteiger charge is -2.07. The Kier molecular flexibility index (Phi) is 3.43. The highest BCUT2D eigenvalue weighted by Crippen LogP contribution is 2.27. The molecule has 1 heterocycles. The van der Waals surface area contributed by atoms with E-state index in [2.05, 4.69) is 50.3 Å². The maximum atomic E-state index is 4.46. The minimum Gasteiger partial charge on any atom is -0.373 e. The van der Waals surface area contributed by atoms with Crippen molar-refractivity contribution in [3.8, 4) is 11.4 Å². The molecule has 0 aliphatic carbocycles. The van der Waals surface area contributed by atoms with Gasteiger partial charge in [-0.25, -0.2) is 9.97 Å². The smallest absolute Gasteiger partial charge is 0.162 e. The normalized spacial score (nSPS) is 10.4. The van der Waals surface area contributed by atoms with Gasteiger partial charge in [-0.3, -0.25) is 0 Å². The molecule has 1 aromatic heterocycles. The van der Waals surface area contributed by atoms with Crippen molar-refractivity contribution < 1.29 is 0 Å². The maximum Gasteiger partial charge on any atom is 0.162 e. The van der Waals surface area contributed by atoms with Crippen LogP contribution in [0.3, 0.4) is 0 Å². The van der Waals surface area contributed by atoms with Gasteiger partial charge >= 0.3 is 0 Å². The molecule has 1 aromatic carbocycles. The lowest BCUT2D eigenvalue weighted by atomic mass is 10.1. The fourth-order valence-electron chi connectivity index (χ4n) is 1.62. The number of aryl methyl sites for hydroxylation is 2. The van der Waals surface area contributed by atoms with Crippen molar-refractivity contribution in [2.24, 2.45) is 0 Å². The largest absolute Gasteiger partial charge is 0.373 e. The summed E-state index contributed by atoms with van der Waals surface area (Å²) in [6.07, 6.45) is 0. The van der Waals surface area contributed by atoms with E-state index in [0.29, 0.717) is 0 Å². The standard InChI is InChI=1S/C13H14BrN3/c1-8-4-5-10(11(14)6-8)13-16-9(2)7-12(15-3)17-13/h4-7H,1-3H3,(H,15,16,17). The topological polar surface area (TPSA) is 37.8 Å². The summed E-state index contributed by atoms with van der Waals surface area (Å²) in [5.41, 5.74) is 3.17. The first-order valence-electron chi connectivity index (χ1n) is 5.40. The molecule has 0 unspecified atom stereocenters. The van der Waals surface area contributed by atoms with Gasteiger partial charge in [0.05, 0.1) is 0 Å². The van der Waals surface area contributed by atoms with Crippen LogP contribution in [0.1, 0.15) is 11.3 Å². The molecule has 0 amide bonds. The van der Waals surface area contributed by atoms with Crippen LogP contribution in [0.5, 0.6) is 0 Å². The van der Waals surface area contributed by atoms with Gasteiger partial charge in [-0.15, -0.1) is 0 Å². The van der Waals surface area contributed by atoms with Gasteiger partial charge in [-0.05, 0) is 31.5 Å². The first-order chi connectivity index (χ1) is 8.10. The second-order valence-corrected chi connectivity index (χ2v) is 4.81. The third-order valence-corrected chi connectivity index (χ3v) is 3.13. The zero-order valence-corrected chi connectivity index (χ0v) is 11.7. The van der Waals surface area contributed by atoms with Crippen LogP contribution in [0.25, 0.3) is 11.4 Å². The van der Waals surface area contributed by atoms with E-state index >= 15 is 0 Å².